The molecular weight excluding hydrogens is 349 g/mol. The van der Waals surface area contributed by atoms with Crippen molar-refractivity contribution < 1.29 is 22.8 Å². The molecule has 0 aromatic carbocycles. The molecule has 1 heterocycles. The van der Waals surface area contributed by atoms with E-state index in [0.717, 1.165) is 10.6 Å². The van der Waals surface area contributed by atoms with Crippen molar-refractivity contribution in [3.63, 3.8) is 0 Å². The Labute approximate surface area is 151 Å². The quantitative estimate of drug-likeness (QED) is 0.733. The Morgan fingerprint density at radius 1 is 1.15 bits per heavy atom. The number of amides is 2. The van der Waals surface area contributed by atoms with Gasteiger partial charge in [-0.2, -0.15) is 18.3 Å². The van der Waals surface area contributed by atoms with Gasteiger partial charge in [0.05, 0.1) is 12.1 Å². The van der Waals surface area contributed by atoms with Gasteiger partial charge < -0.3 is 9.80 Å². The molecule has 1 aromatic rings. The van der Waals surface area contributed by atoms with Crippen molar-refractivity contribution in [1.29, 1.82) is 0 Å². The molecule has 9 heteroatoms. The largest absolute Gasteiger partial charge is 0.406 e. The third-order valence-corrected chi connectivity index (χ3v) is 3.95. The number of likely N-dealkylation sites (N-methyl/N-ethyl adjacent to an activating group) is 1. The highest BCUT2D eigenvalue weighted by Crippen LogP contribution is 2.20. The van der Waals surface area contributed by atoms with Gasteiger partial charge >= 0.3 is 6.18 Å². The van der Waals surface area contributed by atoms with Gasteiger partial charge in [-0.1, -0.05) is 13.8 Å². The van der Waals surface area contributed by atoms with Crippen LogP contribution in [-0.2, 0) is 22.6 Å². The zero-order chi connectivity index (χ0) is 20.2. The SMILES string of the molecule is Cc1nn(CC(C)C)c(C)c1CC(=O)N(CC(=O)N(C)C)CC(F)(F)F. The van der Waals surface area contributed by atoms with E-state index in [9.17, 15) is 22.8 Å². The molecule has 148 valence electrons. The molecule has 1 rings (SSSR count). The van der Waals surface area contributed by atoms with Crippen molar-refractivity contribution in [2.45, 2.75) is 46.8 Å². The highest BCUT2D eigenvalue weighted by atomic mass is 19.4. The van der Waals surface area contributed by atoms with Crippen LogP contribution in [0.25, 0.3) is 0 Å². The van der Waals surface area contributed by atoms with Crippen LogP contribution < -0.4 is 0 Å². The Bertz CT molecular complexity index is 651. The van der Waals surface area contributed by atoms with Crippen LogP contribution >= 0.6 is 0 Å². The molecule has 0 bridgehead atoms. The zero-order valence-electron chi connectivity index (χ0n) is 16.1. The van der Waals surface area contributed by atoms with Crippen LogP contribution in [0.4, 0.5) is 13.2 Å². The molecule has 0 atom stereocenters. The highest BCUT2D eigenvalue weighted by molar-refractivity contribution is 5.86. The van der Waals surface area contributed by atoms with Crippen molar-refractivity contribution in [2.24, 2.45) is 5.92 Å². The minimum atomic E-state index is -4.58. The highest BCUT2D eigenvalue weighted by Gasteiger charge is 2.34. The number of hydrogen-bond acceptors (Lipinski definition) is 3. The van der Waals surface area contributed by atoms with Crippen molar-refractivity contribution in [2.75, 3.05) is 27.2 Å². The summed E-state index contributed by atoms with van der Waals surface area (Å²) in [6, 6.07) is 0. The summed E-state index contributed by atoms with van der Waals surface area (Å²) in [5.41, 5.74) is 1.98. The summed E-state index contributed by atoms with van der Waals surface area (Å²) in [5, 5.41) is 4.38. The number of halogens is 3. The Morgan fingerprint density at radius 3 is 2.19 bits per heavy atom. The van der Waals surface area contributed by atoms with E-state index in [4.69, 9.17) is 0 Å². The fourth-order valence-electron chi connectivity index (χ4n) is 2.53. The Hall–Kier alpha value is -2.06. The normalized spacial score (nSPS) is 11.8. The lowest BCUT2D eigenvalue weighted by molar-refractivity contribution is -0.163. The van der Waals surface area contributed by atoms with Crippen molar-refractivity contribution >= 4 is 11.8 Å². The van der Waals surface area contributed by atoms with E-state index < -0.39 is 31.1 Å². The summed E-state index contributed by atoms with van der Waals surface area (Å²) in [7, 11) is 2.87. The second-order valence-corrected chi connectivity index (χ2v) is 7.06. The monoisotopic (exact) mass is 376 g/mol. The second-order valence-electron chi connectivity index (χ2n) is 7.06. The molecule has 0 N–H and O–H groups in total. The predicted molar refractivity (Wildman–Crippen MR) is 91.6 cm³/mol. The lowest BCUT2D eigenvalue weighted by Crippen LogP contribution is -2.45. The third-order valence-electron chi connectivity index (χ3n) is 3.95. The number of hydrogen-bond donors (Lipinski definition) is 0. The minimum Gasteiger partial charge on any atom is -0.347 e. The molecule has 6 nitrogen and oxygen atoms in total. The molecule has 0 unspecified atom stereocenters. The van der Waals surface area contributed by atoms with Crippen molar-refractivity contribution in [1.82, 2.24) is 19.6 Å². The molecule has 26 heavy (non-hydrogen) atoms. The molecule has 0 aliphatic rings. The topological polar surface area (TPSA) is 58.4 Å². The molecule has 0 fully saturated rings. The molecule has 0 saturated carbocycles. The number of aromatic nitrogens is 2. The molecule has 0 aliphatic carbocycles. The van der Waals surface area contributed by atoms with E-state index in [1.165, 1.54) is 14.1 Å². The Morgan fingerprint density at radius 2 is 1.73 bits per heavy atom. The lowest BCUT2D eigenvalue weighted by Gasteiger charge is -2.25. The van der Waals surface area contributed by atoms with E-state index in [2.05, 4.69) is 5.10 Å². The fraction of sp³-hybridized carbons (Fsp3) is 0.706. The fourth-order valence-corrected chi connectivity index (χ4v) is 2.53. The van der Waals surface area contributed by atoms with E-state index in [1.54, 1.807) is 18.5 Å². The number of carbonyl (C=O) groups excluding carboxylic acids is 2. The summed E-state index contributed by atoms with van der Waals surface area (Å²) >= 11 is 0. The van der Waals surface area contributed by atoms with Crippen LogP contribution in [-0.4, -0.2) is 64.8 Å². The van der Waals surface area contributed by atoms with Gasteiger partial charge in [0, 0.05) is 31.9 Å². The smallest absolute Gasteiger partial charge is 0.347 e. The third kappa shape index (κ3) is 6.34. The molecule has 0 radical (unpaired) electrons. The van der Waals surface area contributed by atoms with E-state index in [-0.39, 0.29) is 6.42 Å². The van der Waals surface area contributed by atoms with Crippen LogP contribution in [0.1, 0.15) is 30.8 Å². The van der Waals surface area contributed by atoms with Gasteiger partial charge in [0.25, 0.3) is 0 Å². The molecular formula is C17H27F3N4O2. The van der Waals surface area contributed by atoms with Gasteiger partial charge in [0.2, 0.25) is 11.8 Å². The van der Waals surface area contributed by atoms with E-state index >= 15 is 0 Å². The zero-order valence-corrected chi connectivity index (χ0v) is 16.1. The standard InChI is InChI=1S/C17H27F3N4O2/c1-11(2)8-24-13(4)14(12(3)21-24)7-15(25)23(10-17(18,19)20)9-16(26)22(5)6/h11H,7-10H2,1-6H3. The first-order valence-corrected chi connectivity index (χ1v) is 8.39. The first-order valence-electron chi connectivity index (χ1n) is 8.39. The van der Waals surface area contributed by atoms with Crippen molar-refractivity contribution in [3.05, 3.63) is 17.0 Å². The number of nitrogens with zero attached hydrogens (tertiary/aromatic N) is 4. The second kappa shape index (κ2) is 8.55. The van der Waals surface area contributed by atoms with Gasteiger partial charge in [0.1, 0.15) is 13.1 Å². The number of rotatable bonds is 7. The molecule has 0 spiro atoms. The van der Waals surface area contributed by atoms with Gasteiger partial charge in [-0.15, -0.1) is 0 Å². The van der Waals surface area contributed by atoms with Crippen LogP contribution in [0.15, 0.2) is 0 Å². The maximum Gasteiger partial charge on any atom is 0.406 e. The van der Waals surface area contributed by atoms with Crippen LogP contribution in [0.2, 0.25) is 0 Å². The molecule has 0 aliphatic heterocycles. The molecule has 2 amide bonds. The Balaban J connectivity index is 3.02. The van der Waals surface area contributed by atoms with E-state index in [1.807, 2.05) is 13.8 Å². The number of alkyl halides is 3. The average Bonchev–Trinajstić information content (AvgIpc) is 2.71. The number of carbonyl (C=O) groups is 2. The Kier molecular flexibility index (Phi) is 7.23. The number of aryl methyl sites for hydroxylation is 1. The lowest BCUT2D eigenvalue weighted by atomic mass is 10.1. The van der Waals surface area contributed by atoms with E-state index in [0.29, 0.717) is 28.6 Å². The molecule has 1 aromatic heterocycles. The van der Waals surface area contributed by atoms with Crippen LogP contribution in [0, 0.1) is 19.8 Å². The maximum atomic E-state index is 12.8. The minimum absolute atomic E-state index is 0.216. The maximum absolute atomic E-state index is 12.8. The van der Waals surface area contributed by atoms with Gasteiger partial charge in [-0.3, -0.25) is 14.3 Å². The predicted octanol–water partition coefficient (Wildman–Crippen LogP) is 2.18. The molecule has 0 saturated heterocycles. The van der Waals surface area contributed by atoms with Gasteiger partial charge in [-0.05, 0) is 19.8 Å². The van der Waals surface area contributed by atoms with Gasteiger partial charge in [-0.25, -0.2) is 0 Å². The summed E-state index contributed by atoms with van der Waals surface area (Å²) < 4.78 is 40.2. The first kappa shape index (κ1) is 22.0. The summed E-state index contributed by atoms with van der Waals surface area (Å²) in [4.78, 5) is 26.0. The van der Waals surface area contributed by atoms with Crippen LogP contribution in [0.5, 0.6) is 0 Å². The summed E-state index contributed by atoms with van der Waals surface area (Å²) in [6.07, 6.45) is -4.79. The van der Waals surface area contributed by atoms with Crippen molar-refractivity contribution in [3.8, 4) is 0 Å². The van der Waals surface area contributed by atoms with Gasteiger partial charge in [0.15, 0.2) is 0 Å². The van der Waals surface area contributed by atoms with Crippen LogP contribution in [0.3, 0.4) is 0 Å². The summed E-state index contributed by atoms with van der Waals surface area (Å²) in [6.45, 7) is 6.17. The first-order chi connectivity index (χ1) is 11.8. The average molecular weight is 376 g/mol. The summed E-state index contributed by atoms with van der Waals surface area (Å²) in [5.74, 6) is -0.963.